The number of anilines is 2. The summed E-state index contributed by atoms with van der Waals surface area (Å²) in [4.78, 5) is 21.8. The molecule has 154 valence electrons. The molecule has 1 amide bonds. The Kier molecular flexibility index (Phi) is 5.41. The van der Waals surface area contributed by atoms with E-state index in [4.69, 9.17) is 21.1 Å². The van der Waals surface area contributed by atoms with E-state index in [0.29, 0.717) is 47.0 Å². The summed E-state index contributed by atoms with van der Waals surface area (Å²) in [6, 6.07) is 7.85. The first-order valence-corrected chi connectivity index (χ1v) is 9.49. The molecular formula is C21H18ClFN4O3. The predicted molar refractivity (Wildman–Crippen MR) is 112 cm³/mol. The minimum absolute atomic E-state index is 0.00709. The van der Waals surface area contributed by atoms with Crippen LogP contribution in [0.15, 0.2) is 49.3 Å². The van der Waals surface area contributed by atoms with E-state index in [1.165, 1.54) is 24.5 Å². The highest BCUT2D eigenvalue weighted by atomic mass is 35.5. The van der Waals surface area contributed by atoms with Crippen molar-refractivity contribution >= 4 is 39.9 Å². The van der Waals surface area contributed by atoms with E-state index in [1.807, 2.05) is 0 Å². The normalized spacial score (nSPS) is 13.6. The van der Waals surface area contributed by atoms with Crippen LogP contribution in [0, 0.1) is 5.82 Å². The van der Waals surface area contributed by atoms with Crippen LogP contribution in [0.4, 0.5) is 15.9 Å². The summed E-state index contributed by atoms with van der Waals surface area (Å²) in [6.45, 7) is 4.42. The van der Waals surface area contributed by atoms with Gasteiger partial charge in [0.25, 0.3) is 0 Å². The number of benzene rings is 2. The highest BCUT2D eigenvalue weighted by Crippen LogP contribution is 2.36. The van der Waals surface area contributed by atoms with Gasteiger partial charge in [-0.2, -0.15) is 0 Å². The second-order valence-corrected chi connectivity index (χ2v) is 7.09. The molecule has 3 aromatic rings. The van der Waals surface area contributed by atoms with Crippen LogP contribution in [0.25, 0.3) is 10.9 Å². The van der Waals surface area contributed by atoms with Crippen molar-refractivity contribution in [3.05, 3.63) is 60.2 Å². The van der Waals surface area contributed by atoms with Crippen molar-refractivity contribution in [3.8, 4) is 11.5 Å². The van der Waals surface area contributed by atoms with Crippen molar-refractivity contribution in [2.24, 2.45) is 0 Å². The maximum atomic E-state index is 13.4. The number of hydrogen-bond acceptors (Lipinski definition) is 6. The molecule has 0 bridgehead atoms. The van der Waals surface area contributed by atoms with Crippen LogP contribution in [-0.2, 0) is 4.79 Å². The van der Waals surface area contributed by atoms with E-state index < -0.39 is 5.82 Å². The van der Waals surface area contributed by atoms with Crippen LogP contribution >= 0.6 is 11.6 Å². The van der Waals surface area contributed by atoms with Crippen molar-refractivity contribution < 1.29 is 18.7 Å². The summed E-state index contributed by atoms with van der Waals surface area (Å²) in [6.07, 6.45) is 2.54. The third-order valence-electron chi connectivity index (χ3n) is 4.73. The Labute approximate surface area is 177 Å². The zero-order chi connectivity index (χ0) is 21.3. The number of halogens is 2. The summed E-state index contributed by atoms with van der Waals surface area (Å²) in [5.41, 5.74) is 1.22. The molecule has 0 aliphatic carbocycles. The number of rotatable bonds is 6. The number of amides is 1. The molecule has 1 aliphatic rings. The fraction of sp³-hybridized carbons (Fsp3) is 0.190. The van der Waals surface area contributed by atoms with Gasteiger partial charge in [-0.1, -0.05) is 18.2 Å². The summed E-state index contributed by atoms with van der Waals surface area (Å²) in [7, 11) is 1.54. The topological polar surface area (TPSA) is 76.6 Å². The Bertz CT molecular complexity index is 1130. The first-order valence-electron chi connectivity index (χ1n) is 9.11. The highest BCUT2D eigenvalue weighted by Gasteiger charge is 2.31. The first-order chi connectivity index (χ1) is 14.5. The quantitative estimate of drug-likeness (QED) is 0.599. The molecule has 2 aromatic carbocycles. The molecular weight excluding hydrogens is 411 g/mol. The highest BCUT2D eigenvalue weighted by molar-refractivity contribution is 6.31. The van der Waals surface area contributed by atoms with Gasteiger partial charge in [0.1, 0.15) is 24.1 Å². The zero-order valence-electron chi connectivity index (χ0n) is 16.1. The molecule has 1 aromatic heterocycles. The lowest BCUT2D eigenvalue weighted by molar-refractivity contribution is -0.134. The van der Waals surface area contributed by atoms with Gasteiger partial charge < -0.3 is 19.7 Å². The number of aromatic nitrogens is 2. The predicted octanol–water partition coefficient (Wildman–Crippen LogP) is 3.95. The third kappa shape index (κ3) is 3.86. The summed E-state index contributed by atoms with van der Waals surface area (Å²) >= 11 is 5.87. The molecule has 0 unspecified atom stereocenters. The minimum atomic E-state index is -0.500. The Morgan fingerprint density at radius 1 is 1.30 bits per heavy atom. The number of hydrogen-bond donors (Lipinski definition) is 1. The maximum absolute atomic E-state index is 13.4. The van der Waals surface area contributed by atoms with Gasteiger partial charge in [0.05, 0.1) is 30.7 Å². The summed E-state index contributed by atoms with van der Waals surface area (Å²) in [5, 5.41) is 3.82. The van der Waals surface area contributed by atoms with Crippen molar-refractivity contribution in [1.29, 1.82) is 0 Å². The number of carbonyl (C=O) groups is 1. The zero-order valence-corrected chi connectivity index (χ0v) is 16.8. The number of nitrogens with zero attached hydrogens (tertiary/aromatic N) is 3. The van der Waals surface area contributed by atoms with Gasteiger partial charge in [0.15, 0.2) is 11.5 Å². The number of ether oxygens (including phenoxy) is 2. The first kappa shape index (κ1) is 19.9. The molecule has 9 heteroatoms. The molecule has 1 N–H and O–H groups in total. The van der Waals surface area contributed by atoms with E-state index in [-0.39, 0.29) is 17.0 Å². The Morgan fingerprint density at radius 2 is 2.10 bits per heavy atom. The van der Waals surface area contributed by atoms with E-state index in [2.05, 4.69) is 21.9 Å². The molecule has 0 atom stereocenters. The lowest BCUT2D eigenvalue weighted by atomic mass is 10.1. The molecule has 0 spiro atoms. The lowest BCUT2D eigenvalue weighted by Crippen LogP contribution is -2.55. The maximum Gasteiger partial charge on any atom is 0.246 e. The number of carbonyl (C=O) groups excluding carboxylic acids is 1. The van der Waals surface area contributed by atoms with Gasteiger partial charge in [0.2, 0.25) is 5.91 Å². The van der Waals surface area contributed by atoms with Crippen molar-refractivity contribution in [1.82, 2.24) is 14.9 Å². The molecule has 4 rings (SSSR count). The largest absolute Gasteiger partial charge is 0.493 e. The van der Waals surface area contributed by atoms with Gasteiger partial charge >= 0.3 is 0 Å². The number of fused-ring (bicyclic) bond motifs is 1. The van der Waals surface area contributed by atoms with Crippen molar-refractivity contribution in [2.75, 3.05) is 25.5 Å². The smallest absolute Gasteiger partial charge is 0.246 e. The monoisotopic (exact) mass is 428 g/mol. The van der Waals surface area contributed by atoms with Crippen molar-refractivity contribution in [2.45, 2.75) is 6.10 Å². The van der Waals surface area contributed by atoms with Gasteiger partial charge in [-0.25, -0.2) is 14.4 Å². The van der Waals surface area contributed by atoms with Gasteiger partial charge in [-0.3, -0.25) is 4.79 Å². The summed E-state index contributed by atoms with van der Waals surface area (Å²) < 4.78 is 24.9. The van der Waals surface area contributed by atoms with E-state index >= 15 is 0 Å². The Hall–Kier alpha value is -3.39. The van der Waals surface area contributed by atoms with Gasteiger partial charge in [-0.15, -0.1) is 0 Å². The number of methoxy groups -OCH3 is 1. The van der Waals surface area contributed by atoms with Crippen LogP contribution in [-0.4, -0.2) is 47.1 Å². The van der Waals surface area contributed by atoms with E-state index in [1.54, 1.807) is 30.2 Å². The average Bonchev–Trinajstić information content (AvgIpc) is 2.72. The molecule has 2 heterocycles. The van der Waals surface area contributed by atoms with Crippen LogP contribution in [0.5, 0.6) is 11.5 Å². The van der Waals surface area contributed by atoms with Gasteiger partial charge in [0, 0.05) is 17.1 Å². The lowest BCUT2D eigenvalue weighted by Gasteiger charge is -2.38. The molecule has 30 heavy (non-hydrogen) atoms. The fourth-order valence-electron chi connectivity index (χ4n) is 3.13. The molecule has 7 nitrogen and oxygen atoms in total. The molecule has 1 fully saturated rings. The molecule has 0 saturated carbocycles. The minimum Gasteiger partial charge on any atom is -0.493 e. The molecule has 1 saturated heterocycles. The van der Waals surface area contributed by atoms with Crippen LogP contribution < -0.4 is 14.8 Å². The third-order valence-corrected chi connectivity index (χ3v) is 5.02. The Morgan fingerprint density at radius 3 is 2.80 bits per heavy atom. The van der Waals surface area contributed by atoms with Crippen LogP contribution in [0.3, 0.4) is 0 Å². The standard InChI is InChI=1S/C21H18ClFN4O3/c1-3-20(28)27-9-13(10-27)30-19-7-14-17(8-18(19)29-2)24-11-25-21(14)26-12-4-5-16(23)15(22)6-12/h3-8,11,13H,1,9-10H2,2H3,(H,24,25,26). The van der Waals surface area contributed by atoms with Crippen LogP contribution in [0.2, 0.25) is 5.02 Å². The second kappa shape index (κ2) is 8.16. The molecule has 1 aliphatic heterocycles. The fourth-order valence-corrected chi connectivity index (χ4v) is 3.31. The Balaban J connectivity index is 1.63. The SMILES string of the molecule is C=CC(=O)N1CC(Oc2cc3c(Nc4ccc(F)c(Cl)c4)ncnc3cc2OC)C1. The number of nitrogens with one attached hydrogen (secondary N) is 1. The second-order valence-electron chi connectivity index (χ2n) is 6.68. The van der Waals surface area contributed by atoms with Crippen molar-refractivity contribution in [3.63, 3.8) is 0 Å². The van der Waals surface area contributed by atoms with Crippen LogP contribution in [0.1, 0.15) is 0 Å². The van der Waals surface area contributed by atoms with E-state index in [9.17, 15) is 9.18 Å². The molecule has 0 radical (unpaired) electrons. The van der Waals surface area contributed by atoms with Gasteiger partial charge in [-0.05, 0) is 30.3 Å². The summed E-state index contributed by atoms with van der Waals surface area (Å²) in [5.74, 6) is 0.909. The average molecular weight is 429 g/mol. The van der Waals surface area contributed by atoms with E-state index in [0.717, 1.165) is 0 Å². The number of likely N-dealkylation sites (tertiary alicyclic amines) is 1.